The topological polar surface area (TPSA) is 125 Å². The summed E-state index contributed by atoms with van der Waals surface area (Å²) in [6.07, 6.45) is 3.26. The predicted molar refractivity (Wildman–Crippen MR) is 198 cm³/mol. The maximum Gasteiger partial charge on any atom is 0.481 e. The van der Waals surface area contributed by atoms with Gasteiger partial charge in [-0.05, 0) is 87.0 Å². The summed E-state index contributed by atoms with van der Waals surface area (Å²) in [5, 5.41) is 15.5. The van der Waals surface area contributed by atoms with Crippen LogP contribution in [0.5, 0.6) is 5.75 Å². The van der Waals surface area contributed by atoms with Gasteiger partial charge in [0.05, 0.1) is 42.7 Å². The Morgan fingerprint density at radius 3 is 2.51 bits per heavy atom. The molecular weight excluding hydrogens is 645 g/mol. The van der Waals surface area contributed by atoms with Crippen molar-refractivity contribution in [3.8, 4) is 5.75 Å². The second kappa shape index (κ2) is 13.6. The van der Waals surface area contributed by atoms with Gasteiger partial charge in [0, 0.05) is 24.3 Å². The fraction of sp³-hybridized carbons (Fsp3) is 0.692. The molecule has 11 nitrogen and oxygen atoms in total. The molecule has 1 aromatic heterocycles. The fourth-order valence-electron chi connectivity index (χ4n) is 8.76. The van der Waals surface area contributed by atoms with Gasteiger partial charge in [0.1, 0.15) is 11.4 Å². The molecule has 278 valence electrons. The number of hydrogen-bond donors (Lipinski definition) is 2. The van der Waals surface area contributed by atoms with Gasteiger partial charge in [-0.1, -0.05) is 65.8 Å². The van der Waals surface area contributed by atoms with Gasteiger partial charge in [-0.15, -0.1) is 0 Å². The predicted octanol–water partition coefficient (Wildman–Crippen LogP) is 6.06. The number of rotatable bonds is 12. The zero-order chi connectivity index (χ0) is 37.1. The van der Waals surface area contributed by atoms with Gasteiger partial charge < -0.3 is 29.5 Å². The Labute approximate surface area is 304 Å². The highest BCUT2D eigenvalue weighted by molar-refractivity contribution is 6.48. The third-order valence-electron chi connectivity index (χ3n) is 11.9. The van der Waals surface area contributed by atoms with Crippen molar-refractivity contribution < 1.29 is 28.5 Å². The van der Waals surface area contributed by atoms with Gasteiger partial charge >= 0.3 is 7.12 Å². The largest absolute Gasteiger partial charge is 0.497 e. The standard InChI is InChI=1S/C39H58BN5O6/c1-23(2)15-33(40-49-32-18-26-17-30(37(26,8)9)38(32,10)50-40)42-35(47)39(20-25-13-12-14-28(16-25)48-11)21-27(44-51-39)22-41-34(46)29-19-31(36(5,6)7)43-45(29)24(3)4/h12-14,16,19,23-24,26,30,32-33H,15,17-18,20-22H2,1-11H3,(H,41,46)(H,42,47)/t26-,30-,32+,33-,38-,39?/m0/s1. The normalized spacial score (nSPS) is 28.5. The molecule has 3 heterocycles. The van der Waals surface area contributed by atoms with E-state index in [1.54, 1.807) is 11.8 Å². The molecule has 0 radical (unpaired) electrons. The number of carbonyl (C=O) groups is 2. The van der Waals surface area contributed by atoms with E-state index in [2.05, 4.69) is 71.2 Å². The molecule has 2 bridgehead atoms. The van der Waals surface area contributed by atoms with Crippen LogP contribution < -0.4 is 15.4 Å². The van der Waals surface area contributed by atoms with E-state index in [9.17, 15) is 9.59 Å². The molecule has 2 aliphatic heterocycles. The number of ether oxygens (including phenoxy) is 1. The summed E-state index contributed by atoms with van der Waals surface area (Å²) in [5.74, 6) is 1.08. The minimum Gasteiger partial charge on any atom is -0.497 e. The number of oxime groups is 1. The van der Waals surface area contributed by atoms with Crippen molar-refractivity contribution in [3.63, 3.8) is 0 Å². The molecule has 2 N–H and O–H groups in total. The molecule has 1 aromatic carbocycles. The second-order valence-electron chi connectivity index (χ2n) is 17.9. The summed E-state index contributed by atoms with van der Waals surface area (Å²) < 4.78 is 20.8. The summed E-state index contributed by atoms with van der Waals surface area (Å²) in [5.41, 5.74) is 1.04. The first kappa shape index (κ1) is 37.4. The van der Waals surface area contributed by atoms with Gasteiger partial charge in [0.25, 0.3) is 11.8 Å². The lowest BCUT2D eigenvalue weighted by atomic mass is 9.43. The quantitative estimate of drug-likeness (QED) is 0.258. The van der Waals surface area contributed by atoms with Gasteiger partial charge in [0.15, 0.2) is 0 Å². The van der Waals surface area contributed by atoms with E-state index in [0.717, 1.165) is 24.1 Å². The molecular formula is C39H58BN5O6. The van der Waals surface area contributed by atoms with Gasteiger partial charge in [-0.3, -0.25) is 14.3 Å². The third-order valence-corrected chi connectivity index (χ3v) is 11.9. The van der Waals surface area contributed by atoms with Crippen LogP contribution in [0.1, 0.15) is 123 Å². The Bertz CT molecular complexity index is 1660. The molecule has 51 heavy (non-hydrogen) atoms. The van der Waals surface area contributed by atoms with Crippen molar-refractivity contribution in [3.05, 3.63) is 47.3 Å². The van der Waals surface area contributed by atoms with Crippen molar-refractivity contribution in [2.45, 2.75) is 136 Å². The molecule has 7 rings (SSSR count). The van der Waals surface area contributed by atoms with Crippen molar-refractivity contribution in [2.24, 2.45) is 28.3 Å². The van der Waals surface area contributed by atoms with E-state index in [-0.39, 0.29) is 66.0 Å². The van der Waals surface area contributed by atoms with E-state index in [0.29, 0.717) is 35.4 Å². The van der Waals surface area contributed by atoms with Crippen LogP contribution in [0.2, 0.25) is 0 Å². The number of carbonyl (C=O) groups excluding carboxylic acids is 2. The van der Waals surface area contributed by atoms with Crippen molar-refractivity contribution >= 4 is 24.6 Å². The van der Waals surface area contributed by atoms with E-state index in [1.165, 1.54) is 0 Å². The highest BCUT2D eigenvalue weighted by Gasteiger charge is 2.68. The summed E-state index contributed by atoms with van der Waals surface area (Å²) in [6.45, 7) is 21.5. The SMILES string of the molecule is COc1cccc(CC2(C(=O)N[C@@H](CC(C)C)B3O[C@@H]4C[C@@H]5C[C@@H](C5(C)C)[C@]4(C)O3)CC(CNC(=O)c3cc(C(C)(C)C)nn3C(C)C)=NO2)c1. The Morgan fingerprint density at radius 1 is 1.12 bits per heavy atom. The zero-order valence-electron chi connectivity index (χ0n) is 32.5. The van der Waals surface area contributed by atoms with E-state index in [1.807, 2.05) is 44.2 Å². The summed E-state index contributed by atoms with van der Waals surface area (Å²) in [4.78, 5) is 34.3. The third kappa shape index (κ3) is 7.07. The Balaban J connectivity index is 1.21. The number of methoxy groups -OCH3 is 1. The molecule has 1 unspecified atom stereocenters. The molecule has 12 heteroatoms. The molecule has 0 spiro atoms. The fourth-order valence-corrected chi connectivity index (χ4v) is 8.76. The lowest BCUT2D eigenvalue weighted by Crippen LogP contribution is -2.65. The molecule has 4 fully saturated rings. The molecule has 5 aliphatic rings. The number of amides is 2. The summed E-state index contributed by atoms with van der Waals surface area (Å²) >= 11 is 0. The monoisotopic (exact) mass is 703 g/mol. The number of nitrogens with one attached hydrogen (secondary N) is 2. The van der Waals surface area contributed by atoms with Crippen LogP contribution in [0.4, 0.5) is 0 Å². The molecule has 3 aliphatic carbocycles. The van der Waals surface area contributed by atoms with Crippen molar-refractivity contribution in [1.82, 2.24) is 20.4 Å². The first-order valence-electron chi connectivity index (χ1n) is 18.8. The number of aromatic nitrogens is 2. The second-order valence-corrected chi connectivity index (χ2v) is 17.9. The van der Waals surface area contributed by atoms with Gasteiger partial charge in [-0.25, -0.2) is 0 Å². The molecule has 2 aromatic rings. The smallest absolute Gasteiger partial charge is 0.481 e. The molecule has 3 saturated carbocycles. The lowest BCUT2D eigenvalue weighted by molar-refractivity contribution is -0.199. The first-order valence-corrected chi connectivity index (χ1v) is 18.8. The van der Waals surface area contributed by atoms with Gasteiger partial charge in [-0.2, -0.15) is 5.10 Å². The maximum atomic E-state index is 14.6. The molecule has 2 amide bonds. The van der Waals surface area contributed by atoms with Crippen LogP contribution in [0.3, 0.4) is 0 Å². The first-order chi connectivity index (χ1) is 23.9. The van der Waals surface area contributed by atoms with E-state index < -0.39 is 18.3 Å². The highest BCUT2D eigenvalue weighted by atomic mass is 16.7. The van der Waals surface area contributed by atoms with Crippen molar-refractivity contribution in [1.29, 1.82) is 0 Å². The minimum absolute atomic E-state index is 0.00329. The lowest BCUT2D eigenvalue weighted by Gasteiger charge is -2.64. The summed E-state index contributed by atoms with van der Waals surface area (Å²) in [6, 6.07) is 9.49. The Morgan fingerprint density at radius 2 is 1.86 bits per heavy atom. The van der Waals surface area contributed by atoms with Crippen LogP contribution in [0.15, 0.2) is 35.5 Å². The summed E-state index contributed by atoms with van der Waals surface area (Å²) in [7, 11) is 1.05. The number of hydrogen-bond acceptors (Lipinski definition) is 8. The molecule has 6 atom stereocenters. The van der Waals surface area contributed by atoms with Crippen LogP contribution in [-0.2, 0) is 30.8 Å². The number of benzene rings is 1. The van der Waals surface area contributed by atoms with Gasteiger partial charge in [0.2, 0.25) is 5.60 Å². The average Bonchev–Trinajstić information content (AvgIpc) is 3.78. The minimum atomic E-state index is -1.35. The average molecular weight is 704 g/mol. The van der Waals surface area contributed by atoms with E-state index in [4.69, 9.17) is 24.0 Å². The molecule has 1 saturated heterocycles. The van der Waals surface area contributed by atoms with Crippen LogP contribution in [0, 0.1) is 23.2 Å². The van der Waals surface area contributed by atoms with Crippen LogP contribution >= 0.6 is 0 Å². The zero-order valence-corrected chi connectivity index (χ0v) is 32.5. The highest BCUT2D eigenvalue weighted by Crippen LogP contribution is 2.65. The Hall–Kier alpha value is -3.38. The van der Waals surface area contributed by atoms with Crippen LogP contribution in [0.25, 0.3) is 0 Å². The van der Waals surface area contributed by atoms with Crippen LogP contribution in [-0.4, -0.2) is 71.3 Å². The maximum absolute atomic E-state index is 14.6. The Kier molecular flexibility index (Phi) is 9.93. The van der Waals surface area contributed by atoms with Crippen molar-refractivity contribution in [2.75, 3.05) is 13.7 Å². The number of nitrogens with zero attached hydrogens (tertiary/aromatic N) is 3. The van der Waals surface area contributed by atoms with E-state index >= 15 is 0 Å².